The topological polar surface area (TPSA) is 76.3 Å². The third-order valence-electron chi connectivity index (χ3n) is 5.37. The Labute approximate surface area is 206 Å². The maximum Gasteiger partial charge on any atom is 0.279 e. The highest BCUT2D eigenvalue weighted by Crippen LogP contribution is 2.15. The lowest BCUT2D eigenvalue weighted by atomic mass is 10.1. The highest BCUT2D eigenvalue weighted by Gasteiger charge is 2.11. The number of hydrogen-bond acceptors (Lipinski definition) is 4. The van der Waals surface area contributed by atoms with Crippen LogP contribution in [-0.4, -0.2) is 21.4 Å². The summed E-state index contributed by atoms with van der Waals surface area (Å²) >= 11 is 7.49. The Hall–Kier alpha value is -3.55. The van der Waals surface area contributed by atoms with Crippen LogP contribution in [0.2, 0.25) is 5.02 Å². The quantitative estimate of drug-likeness (QED) is 0.416. The van der Waals surface area contributed by atoms with Crippen molar-refractivity contribution in [2.45, 2.75) is 26.9 Å². The summed E-state index contributed by atoms with van der Waals surface area (Å²) < 4.78 is 2.01. The fraction of sp³-hybridized carbons (Fsp3) is 0.154. The van der Waals surface area contributed by atoms with Crippen molar-refractivity contribution in [3.05, 3.63) is 116 Å². The van der Waals surface area contributed by atoms with Crippen molar-refractivity contribution in [1.29, 1.82) is 0 Å². The fourth-order valence-corrected chi connectivity index (χ4v) is 4.52. The van der Waals surface area contributed by atoms with E-state index in [1.165, 1.54) is 11.3 Å². The van der Waals surface area contributed by atoms with Crippen molar-refractivity contribution in [3.63, 3.8) is 0 Å². The summed E-state index contributed by atoms with van der Waals surface area (Å²) in [6, 6.07) is 19.8. The molecule has 0 aliphatic rings. The van der Waals surface area contributed by atoms with Gasteiger partial charge in [-0.05, 0) is 61.9 Å². The van der Waals surface area contributed by atoms with Gasteiger partial charge < -0.3 is 9.88 Å². The number of nitrogens with one attached hydrogen (secondary N) is 1. The molecular formula is C26H23ClN4O2S. The lowest BCUT2D eigenvalue weighted by Gasteiger charge is -2.09. The maximum absolute atomic E-state index is 12.7. The molecule has 4 aromatic rings. The largest absolute Gasteiger partial charge is 0.346 e. The number of hydrogen-bond donors (Lipinski definition) is 1. The highest BCUT2D eigenvalue weighted by atomic mass is 35.5. The van der Waals surface area contributed by atoms with Gasteiger partial charge in [0.05, 0.1) is 18.8 Å². The number of thiazole rings is 1. The SMILES string of the molecule is Cc1sc(=NC(=O)c2cccc(Cl)c2)n(Cc2ccc(C(=O)NCc3ccccn3)cc2)c1C. The average Bonchev–Trinajstić information content (AvgIpc) is 3.11. The van der Waals surface area contributed by atoms with Crippen molar-refractivity contribution in [3.8, 4) is 0 Å². The first-order valence-corrected chi connectivity index (χ1v) is 11.9. The van der Waals surface area contributed by atoms with Crippen LogP contribution in [-0.2, 0) is 13.1 Å². The third kappa shape index (κ3) is 5.68. The molecule has 0 radical (unpaired) electrons. The zero-order valence-electron chi connectivity index (χ0n) is 18.8. The molecule has 0 aliphatic carbocycles. The van der Waals surface area contributed by atoms with Gasteiger partial charge in [0.1, 0.15) is 0 Å². The molecule has 2 aromatic carbocycles. The number of rotatable bonds is 6. The van der Waals surface area contributed by atoms with Crippen LogP contribution >= 0.6 is 22.9 Å². The number of pyridine rings is 1. The molecule has 0 fully saturated rings. The van der Waals surface area contributed by atoms with Crippen molar-refractivity contribution in [1.82, 2.24) is 14.9 Å². The first-order valence-electron chi connectivity index (χ1n) is 10.7. The van der Waals surface area contributed by atoms with E-state index in [0.29, 0.717) is 34.0 Å². The summed E-state index contributed by atoms with van der Waals surface area (Å²) in [5.41, 5.74) is 3.86. The van der Waals surface area contributed by atoms with Gasteiger partial charge in [-0.15, -0.1) is 11.3 Å². The number of benzene rings is 2. The Morgan fingerprint density at radius 2 is 1.82 bits per heavy atom. The van der Waals surface area contributed by atoms with Crippen molar-refractivity contribution >= 4 is 34.8 Å². The number of nitrogens with zero attached hydrogens (tertiary/aromatic N) is 3. The molecule has 8 heteroatoms. The molecule has 0 bridgehead atoms. The van der Waals surface area contributed by atoms with Crippen LogP contribution in [0, 0.1) is 13.8 Å². The van der Waals surface area contributed by atoms with Gasteiger partial charge in [0, 0.05) is 32.9 Å². The van der Waals surface area contributed by atoms with E-state index < -0.39 is 0 Å². The molecule has 2 amide bonds. The standard InChI is InChI=1S/C26H23ClN4O2S/c1-17-18(2)34-26(30-25(33)21-6-5-7-22(27)14-21)31(17)16-19-9-11-20(12-10-19)24(32)29-15-23-8-3-4-13-28-23/h3-14H,15-16H2,1-2H3,(H,29,32). The van der Waals surface area contributed by atoms with Crippen LogP contribution in [0.4, 0.5) is 0 Å². The molecular weight excluding hydrogens is 468 g/mol. The van der Waals surface area contributed by atoms with Gasteiger partial charge in [-0.25, -0.2) is 0 Å². The van der Waals surface area contributed by atoms with Gasteiger partial charge in [-0.3, -0.25) is 14.6 Å². The van der Waals surface area contributed by atoms with Gasteiger partial charge in [0.25, 0.3) is 11.8 Å². The van der Waals surface area contributed by atoms with Crippen LogP contribution in [0.15, 0.2) is 77.9 Å². The van der Waals surface area contributed by atoms with Crippen LogP contribution < -0.4 is 10.1 Å². The summed E-state index contributed by atoms with van der Waals surface area (Å²) in [6.45, 7) is 4.92. The number of carbonyl (C=O) groups excluding carboxylic acids is 2. The van der Waals surface area contributed by atoms with Crippen molar-refractivity contribution in [2.75, 3.05) is 0 Å². The summed E-state index contributed by atoms with van der Waals surface area (Å²) in [6.07, 6.45) is 1.70. The van der Waals surface area contributed by atoms with Crippen LogP contribution in [0.25, 0.3) is 0 Å². The van der Waals surface area contributed by atoms with E-state index in [0.717, 1.165) is 21.8 Å². The summed E-state index contributed by atoms with van der Waals surface area (Å²) in [5, 5.41) is 3.38. The Kier molecular flexibility index (Phi) is 7.35. The zero-order valence-corrected chi connectivity index (χ0v) is 20.4. The molecule has 1 N–H and O–H groups in total. The molecule has 2 heterocycles. The van der Waals surface area contributed by atoms with Crippen LogP contribution in [0.1, 0.15) is 42.5 Å². The lowest BCUT2D eigenvalue weighted by molar-refractivity contribution is 0.0949. The Balaban J connectivity index is 1.50. The molecule has 34 heavy (non-hydrogen) atoms. The van der Waals surface area contributed by atoms with Gasteiger partial charge in [-0.1, -0.05) is 35.9 Å². The molecule has 0 spiro atoms. The summed E-state index contributed by atoms with van der Waals surface area (Å²) in [4.78, 5) is 35.5. The second-order valence-corrected chi connectivity index (χ2v) is 9.36. The number of aryl methyl sites for hydroxylation is 1. The normalized spacial score (nSPS) is 11.4. The monoisotopic (exact) mass is 490 g/mol. The van der Waals surface area contributed by atoms with E-state index in [9.17, 15) is 9.59 Å². The van der Waals surface area contributed by atoms with Crippen LogP contribution in [0.5, 0.6) is 0 Å². The lowest BCUT2D eigenvalue weighted by Crippen LogP contribution is -2.23. The fourth-order valence-electron chi connectivity index (χ4n) is 3.36. The minimum Gasteiger partial charge on any atom is -0.346 e. The van der Waals surface area contributed by atoms with Crippen molar-refractivity contribution in [2.24, 2.45) is 4.99 Å². The van der Waals surface area contributed by atoms with E-state index in [1.807, 2.05) is 48.7 Å². The minimum atomic E-state index is -0.336. The van der Waals surface area contributed by atoms with E-state index in [4.69, 9.17) is 11.6 Å². The zero-order chi connectivity index (χ0) is 24.1. The predicted molar refractivity (Wildman–Crippen MR) is 134 cm³/mol. The molecule has 0 saturated carbocycles. The Bertz CT molecular complexity index is 1390. The summed E-state index contributed by atoms with van der Waals surface area (Å²) in [7, 11) is 0. The van der Waals surface area contributed by atoms with Crippen LogP contribution in [0.3, 0.4) is 0 Å². The number of halogens is 1. The summed E-state index contributed by atoms with van der Waals surface area (Å²) in [5.74, 6) is -0.493. The average molecular weight is 491 g/mol. The molecule has 0 aliphatic heterocycles. The van der Waals surface area contributed by atoms with E-state index in [2.05, 4.69) is 15.3 Å². The van der Waals surface area contributed by atoms with Crippen molar-refractivity contribution < 1.29 is 9.59 Å². The number of amides is 2. The van der Waals surface area contributed by atoms with E-state index >= 15 is 0 Å². The number of carbonyl (C=O) groups is 2. The second-order valence-electron chi connectivity index (χ2n) is 7.74. The Morgan fingerprint density at radius 1 is 1.03 bits per heavy atom. The first-order chi connectivity index (χ1) is 16.4. The molecule has 0 saturated heterocycles. The molecule has 0 atom stereocenters. The minimum absolute atomic E-state index is 0.157. The molecule has 6 nitrogen and oxygen atoms in total. The molecule has 0 unspecified atom stereocenters. The van der Waals surface area contributed by atoms with E-state index in [-0.39, 0.29) is 11.8 Å². The first kappa shape index (κ1) is 23.6. The smallest absolute Gasteiger partial charge is 0.279 e. The molecule has 2 aromatic heterocycles. The predicted octanol–water partition coefficient (Wildman–Crippen LogP) is 4.93. The highest BCUT2D eigenvalue weighted by molar-refractivity contribution is 7.09. The molecule has 4 rings (SSSR count). The second kappa shape index (κ2) is 10.6. The van der Waals surface area contributed by atoms with Gasteiger partial charge in [-0.2, -0.15) is 4.99 Å². The Morgan fingerprint density at radius 3 is 2.53 bits per heavy atom. The van der Waals surface area contributed by atoms with Gasteiger partial charge in [0.15, 0.2) is 4.80 Å². The third-order valence-corrected chi connectivity index (χ3v) is 6.70. The van der Waals surface area contributed by atoms with Gasteiger partial charge >= 0.3 is 0 Å². The van der Waals surface area contributed by atoms with E-state index in [1.54, 1.807) is 42.6 Å². The molecule has 172 valence electrons. The van der Waals surface area contributed by atoms with Gasteiger partial charge in [0.2, 0.25) is 0 Å². The number of aromatic nitrogens is 2. The maximum atomic E-state index is 12.7.